The summed E-state index contributed by atoms with van der Waals surface area (Å²) in [6.45, 7) is 18.2. The molecular weight excluding hydrogens is 537 g/mol. The molecule has 40 heavy (non-hydrogen) atoms. The van der Waals surface area contributed by atoms with E-state index in [0.29, 0.717) is 35.2 Å². The van der Waals surface area contributed by atoms with Gasteiger partial charge in [-0.15, -0.1) is 0 Å². The number of phenols is 2. The zero-order valence-corrected chi connectivity index (χ0v) is 27.7. The second-order valence-electron chi connectivity index (χ2n) is 13.0. The van der Waals surface area contributed by atoms with E-state index in [1.54, 1.807) is 0 Å². The summed E-state index contributed by atoms with van der Waals surface area (Å²) in [6.07, 6.45) is 7.43. The molecule has 3 rings (SSSR count). The molecule has 0 saturated heterocycles. The van der Waals surface area contributed by atoms with Crippen LogP contribution < -0.4 is 9.47 Å². The molecule has 224 valence electrons. The molecule has 0 amide bonds. The summed E-state index contributed by atoms with van der Waals surface area (Å²) >= 11 is 3.95. The van der Waals surface area contributed by atoms with Gasteiger partial charge in [-0.25, -0.2) is 0 Å². The minimum Gasteiger partial charge on any atom is -0.504 e. The van der Waals surface area contributed by atoms with Gasteiger partial charge in [0.2, 0.25) is 0 Å². The Bertz CT molecular complexity index is 1010. The quantitative estimate of drug-likeness (QED) is 0.288. The van der Waals surface area contributed by atoms with Gasteiger partial charge < -0.3 is 19.7 Å². The number of rotatable bonds is 10. The van der Waals surface area contributed by atoms with Crippen molar-refractivity contribution in [2.24, 2.45) is 0 Å². The molecule has 0 heterocycles. The molecule has 1 fully saturated rings. The van der Waals surface area contributed by atoms with Gasteiger partial charge in [-0.3, -0.25) is 0 Å². The van der Waals surface area contributed by atoms with Crippen LogP contribution in [-0.2, 0) is 22.3 Å². The molecule has 0 aromatic heterocycles. The van der Waals surface area contributed by atoms with Gasteiger partial charge in [-0.1, -0.05) is 79.4 Å². The maximum atomic E-state index is 11.1. The van der Waals surface area contributed by atoms with E-state index in [4.69, 9.17) is 9.47 Å². The maximum Gasteiger partial charge on any atom is 0.161 e. The first kappa shape index (κ1) is 32.8. The van der Waals surface area contributed by atoms with Crippen LogP contribution >= 0.6 is 23.5 Å². The molecule has 0 spiro atoms. The third-order valence-electron chi connectivity index (χ3n) is 7.69. The minimum absolute atomic E-state index is 0.0263. The highest BCUT2D eigenvalue weighted by Gasteiger charge is 2.27. The lowest BCUT2D eigenvalue weighted by Crippen LogP contribution is -2.22. The van der Waals surface area contributed by atoms with Crippen LogP contribution in [0.3, 0.4) is 0 Å². The first-order valence-electron chi connectivity index (χ1n) is 15.1. The Hall–Kier alpha value is -1.66. The number of phenolic OH excluding ortho intramolecular Hbond substituents is 2. The molecule has 2 N–H and O–H groups in total. The number of ether oxygens (including phenoxy) is 2. The van der Waals surface area contributed by atoms with Gasteiger partial charge in [0.05, 0.1) is 13.2 Å². The Balaban J connectivity index is 1.83. The summed E-state index contributed by atoms with van der Waals surface area (Å²) in [5.74, 6) is 3.27. The fraction of sp³-hybridized carbons (Fsp3) is 0.647. The predicted molar refractivity (Wildman–Crippen MR) is 174 cm³/mol. The summed E-state index contributed by atoms with van der Waals surface area (Å²) in [6, 6.07) is 8.33. The number of hydrogen-bond donors (Lipinski definition) is 2. The zero-order chi connectivity index (χ0) is 29.5. The van der Waals surface area contributed by atoms with Crippen LogP contribution in [0.15, 0.2) is 24.3 Å². The highest BCUT2D eigenvalue weighted by Crippen LogP contribution is 2.43. The van der Waals surface area contributed by atoms with Crippen molar-refractivity contribution in [2.45, 2.75) is 127 Å². The third-order valence-corrected chi connectivity index (χ3v) is 10.8. The van der Waals surface area contributed by atoms with Crippen LogP contribution in [0.25, 0.3) is 0 Å². The summed E-state index contributed by atoms with van der Waals surface area (Å²) in [5, 5.41) is 23.1. The van der Waals surface area contributed by atoms with E-state index in [-0.39, 0.29) is 22.3 Å². The molecule has 2 aromatic carbocycles. The van der Waals surface area contributed by atoms with E-state index < -0.39 is 0 Å². The van der Waals surface area contributed by atoms with E-state index in [2.05, 4.69) is 53.7 Å². The van der Waals surface area contributed by atoms with E-state index in [0.717, 1.165) is 22.6 Å². The van der Waals surface area contributed by atoms with Gasteiger partial charge in [0, 0.05) is 33.1 Å². The zero-order valence-electron chi connectivity index (χ0n) is 26.1. The van der Waals surface area contributed by atoms with Gasteiger partial charge >= 0.3 is 0 Å². The summed E-state index contributed by atoms with van der Waals surface area (Å²) < 4.78 is 11.6. The fourth-order valence-corrected chi connectivity index (χ4v) is 8.21. The molecule has 4 nitrogen and oxygen atoms in total. The monoisotopic (exact) mass is 588 g/mol. The van der Waals surface area contributed by atoms with Crippen molar-refractivity contribution in [3.8, 4) is 23.0 Å². The molecule has 0 radical (unpaired) electrons. The highest BCUT2D eigenvalue weighted by atomic mass is 32.2. The van der Waals surface area contributed by atoms with Crippen LogP contribution in [0.2, 0.25) is 0 Å². The molecule has 1 aliphatic carbocycles. The number of hydrogen-bond acceptors (Lipinski definition) is 6. The van der Waals surface area contributed by atoms with E-state index in [9.17, 15) is 10.2 Å². The summed E-state index contributed by atoms with van der Waals surface area (Å²) in [7, 11) is 0. The number of thioether (sulfide) groups is 2. The van der Waals surface area contributed by atoms with Crippen molar-refractivity contribution in [1.82, 2.24) is 0 Å². The molecular formula is C34H52O4S2. The second kappa shape index (κ2) is 14.5. The van der Waals surface area contributed by atoms with Gasteiger partial charge in [0.15, 0.2) is 23.0 Å². The average molecular weight is 589 g/mol. The van der Waals surface area contributed by atoms with Crippen LogP contribution in [0.4, 0.5) is 0 Å². The van der Waals surface area contributed by atoms with Crippen molar-refractivity contribution >= 4 is 23.5 Å². The Labute approximate surface area is 252 Å². The summed E-state index contributed by atoms with van der Waals surface area (Å²) in [4.78, 5) is 0. The molecule has 1 saturated carbocycles. The maximum absolute atomic E-state index is 11.1. The molecule has 0 bridgehead atoms. The lowest BCUT2D eigenvalue weighted by Gasteiger charge is -2.30. The van der Waals surface area contributed by atoms with Gasteiger partial charge in [0.1, 0.15) is 0 Å². The Morgan fingerprint density at radius 2 is 1.02 bits per heavy atom. The predicted octanol–water partition coefficient (Wildman–Crippen LogP) is 9.75. The van der Waals surface area contributed by atoms with E-state index >= 15 is 0 Å². The molecule has 1 aliphatic rings. The van der Waals surface area contributed by atoms with Crippen molar-refractivity contribution < 1.29 is 19.7 Å². The average Bonchev–Trinajstić information content (AvgIpc) is 2.85. The smallest absolute Gasteiger partial charge is 0.161 e. The van der Waals surface area contributed by atoms with Gasteiger partial charge in [-0.2, -0.15) is 23.5 Å². The normalized spacial score (nSPS) is 18.7. The van der Waals surface area contributed by atoms with Gasteiger partial charge in [0.25, 0.3) is 0 Å². The standard InChI is InChI=1S/C34H52O4S2/c1-9-37-27-19-25(33(3,4)5)17-23(31(27)35)21-39-29-15-13-11-12-14-16-30(29)40-22-24-18-26(34(6,7)8)20-28(32(24)36)38-10-2/h17-20,29-30,35-36H,9-16,21-22H2,1-8H3/t29-,30?/m0/s1. The lowest BCUT2D eigenvalue weighted by molar-refractivity contribution is 0.316. The van der Waals surface area contributed by atoms with Crippen LogP contribution in [0.1, 0.15) is 116 Å². The molecule has 1 unspecified atom stereocenters. The number of aromatic hydroxyl groups is 2. The molecule has 6 heteroatoms. The molecule has 0 aliphatic heterocycles. The first-order chi connectivity index (χ1) is 18.8. The van der Waals surface area contributed by atoms with Gasteiger partial charge in [-0.05, 0) is 60.8 Å². The van der Waals surface area contributed by atoms with Crippen LogP contribution in [-0.4, -0.2) is 33.9 Å². The highest BCUT2D eigenvalue weighted by molar-refractivity contribution is 8.03. The van der Waals surface area contributed by atoms with Crippen molar-refractivity contribution in [3.63, 3.8) is 0 Å². The molecule has 2 aromatic rings. The van der Waals surface area contributed by atoms with Crippen molar-refractivity contribution in [2.75, 3.05) is 13.2 Å². The third kappa shape index (κ3) is 8.92. The molecule has 2 atom stereocenters. The Morgan fingerprint density at radius 1 is 0.650 bits per heavy atom. The van der Waals surface area contributed by atoms with Crippen LogP contribution in [0.5, 0.6) is 23.0 Å². The van der Waals surface area contributed by atoms with E-state index in [1.807, 2.05) is 49.5 Å². The largest absolute Gasteiger partial charge is 0.504 e. The van der Waals surface area contributed by atoms with E-state index in [1.165, 1.54) is 49.7 Å². The second-order valence-corrected chi connectivity index (χ2v) is 15.5. The number of benzene rings is 2. The van der Waals surface area contributed by atoms with Crippen LogP contribution in [0, 0.1) is 0 Å². The van der Waals surface area contributed by atoms with Crippen molar-refractivity contribution in [1.29, 1.82) is 0 Å². The first-order valence-corrected chi connectivity index (χ1v) is 17.2. The topological polar surface area (TPSA) is 58.9 Å². The lowest BCUT2D eigenvalue weighted by atomic mass is 9.86. The Kier molecular flexibility index (Phi) is 11.9. The summed E-state index contributed by atoms with van der Waals surface area (Å²) in [5.41, 5.74) is 4.25. The fourth-order valence-electron chi connectivity index (χ4n) is 5.14. The van der Waals surface area contributed by atoms with Crippen molar-refractivity contribution in [3.05, 3.63) is 46.5 Å². The SMILES string of the molecule is CCOc1cc(C(C)(C)C)cc(CSC2CCCCCC[C@@H]2SCc2cc(C(C)(C)C)cc(OCC)c2O)c1O. The Morgan fingerprint density at radius 3 is 1.35 bits per heavy atom. The minimum atomic E-state index is -0.0263.